The van der Waals surface area contributed by atoms with Gasteiger partial charge in [0.25, 0.3) is 11.8 Å². The molecule has 1 aromatic carbocycles. The van der Waals surface area contributed by atoms with Gasteiger partial charge in [-0.05, 0) is 38.1 Å². The fourth-order valence-electron chi connectivity index (χ4n) is 2.11. The Hall–Kier alpha value is -2.38. The van der Waals surface area contributed by atoms with Gasteiger partial charge >= 0.3 is 6.01 Å². The second kappa shape index (κ2) is 6.62. The molecule has 0 saturated carbocycles. The van der Waals surface area contributed by atoms with Crippen LogP contribution in [-0.2, 0) is 0 Å². The topological polar surface area (TPSA) is 85.8 Å². The van der Waals surface area contributed by atoms with Crippen molar-refractivity contribution in [2.24, 2.45) is 0 Å². The molecule has 2 aromatic heterocycles. The van der Waals surface area contributed by atoms with Crippen LogP contribution in [0.3, 0.4) is 0 Å². The molecule has 0 bridgehead atoms. The predicted octanol–water partition coefficient (Wildman–Crippen LogP) is 4.07. The molecule has 0 spiro atoms. The van der Waals surface area contributed by atoms with Crippen molar-refractivity contribution in [3.8, 4) is 11.6 Å². The lowest BCUT2D eigenvalue weighted by atomic mass is 10.2. The van der Waals surface area contributed by atoms with E-state index in [1.54, 1.807) is 29.1 Å². The quantitative estimate of drug-likeness (QED) is 0.752. The maximum Gasteiger partial charge on any atom is 0.322 e. The molecule has 124 valence electrons. The third-order valence-electron chi connectivity index (χ3n) is 3.20. The monoisotopic (exact) mass is 365 g/mol. The zero-order valence-electron chi connectivity index (χ0n) is 12.8. The first kappa shape index (κ1) is 16.5. The van der Waals surface area contributed by atoms with Gasteiger partial charge in [-0.1, -0.05) is 28.3 Å². The minimum atomic E-state index is -0.491. The van der Waals surface area contributed by atoms with Crippen molar-refractivity contribution in [2.75, 3.05) is 5.32 Å². The summed E-state index contributed by atoms with van der Waals surface area (Å²) >= 11 is 11.9. The highest BCUT2D eigenvalue weighted by Gasteiger charge is 2.18. The van der Waals surface area contributed by atoms with E-state index in [0.717, 1.165) is 0 Å². The van der Waals surface area contributed by atoms with E-state index in [1.165, 1.54) is 6.07 Å². The van der Waals surface area contributed by atoms with Gasteiger partial charge < -0.3 is 4.42 Å². The third-order valence-corrected chi connectivity index (χ3v) is 3.76. The number of benzene rings is 1. The predicted molar refractivity (Wildman–Crippen MR) is 90.3 cm³/mol. The first-order chi connectivity index (χ1) is 11.5. The molecule has 1 amide bonds. The number of hydrogen-bond acceptors (Lipinski definition) is 5. The summed E-state index contributed by atoms with van der Waals surface area (Å²) in [6.45, 7) is 3.97. The number of anilines is 1. The molecule has 0 aliphatic rings. The Morgan fingerprint density at radius 3 is 2.79 bits per heavy atom. The smallest absolute Gasteiger partial charge is 0.322 e. The van der Waals surface area contributed by atoms with Crippen LogP contribution in [0.25, 0.3) is 11.6 Å². The summed E-state index contributed by atoms with van der Waals surface area (Å²) < 4.78 is 7.23. The molecular formula is C15H13Cl2N5O2. The highest BCUT2D eigenvalue weighted by molar-refractivity contribution is 6.36. The Morgan fingerprint density at radius 2 is 2.04 bits per heavy atom. The molecule has 0 aliphatic carbocycles. The van der Waals surface area contributed by atoms with Crippen LogP contribution in [0, 0.1) is 0 Å². The fraction of sp³-hybridized carbons (Fsp3) is 0.200. The Labute approximate surface area is 147 Å². The van der Waals surface area contributed by atoms with Crippen LogP contribution < -0.4 is 5.32 Å². The number of nitrogens with one attached hydrogen (secondary N) is 1. The highest BCUT2D eigenvalue weighted by atomic mass is 35.5. The van der Waals surface area contributed by atoms with E-state index < -0.39 is 5.91 Å². The van der Waals surface area contributed by atoms with Crippen molar-refractivity contribution < 1.29 is 9.21 Å². The summed E-state index contributed by atoms with van der Waals surface area (Å²) in [6, 6.07) is 6.45. The normalized spacial score (nSPS) is 11.0. The van der Waals surface area contributed by atoms with Crippen LogP contribution in [0.5, 0.6) is 0 Å². The van der Waals surface area contributed by atoms with Gasteiger partial charge in [0, 0.05) is 17.3 Å². The Bertz CT molecular complexity index is 888. The van der Waals surface area contributed by atoms with Crippen molar-refractivity contribution in [2.45, 2.75) is 19.9 Å². The van der Waals surface area contributed by atoms with Gasteiger partial charge in [0.2, 0.25) is 0 Å². The van der Waals surface area contributed by atoms with Crippen molar-refractivity contribution in [1.29, 1.82) is 0 Å². The molecule has 0 fully saturated rings. The zero-order valence-corrected chi connectivity index (χ0v) is 14.3. The second-order valence-corrected chi connectivity index (χ2v) is 6.09. The van der Waals surface area contributed by atoms with E-state index in [0.29, 0.717) is 10.7 Å². The summed E-state index contributed by atoms with van der Waals surface area (Å²) in [5.41, 5.74) is 0.884. The number of halogens is 2. The van der Waals surface area contributed by atoms with Crippen LogP contribution >= 0.6 is 23.2 Å². The molecule has 1 N–H and O–H groups in total. The van der Waals surface area contributed by atoms with Gasteiger partial charge in [-0.25, -0.2) is 0 Å². The van der Waals surface area contributed by atoms with Crippen molar-refractivity contribution >= 4 is 35.1 Å². The minimum Gasteiger partial charge on any atom is -0.401 e. The minimum absolute atomic E-state index is 0.0393. The first-order valence-electron chi connectivity index (χ1n) is 7.09. The molecule has 2 heterocycles. The fourth-order valence-corrected chi connectivity index (χ4v) is 2.48. The SMILES string of the molecule is CC(C)n1nccc1-c1nnc(NC(=O)c2cc(Cl)ccc2Cl)o1. The lowest BCUT2D eigenvalue weighted by molar-refractivity contribution is 0.102. The number of hydrogen-bond donors (Lipinski definition) is 1. The summed E-state index contributed by atoms with van der Waals surface area (Å²) in [5, 5.41) is 15.1. The van der Waals surface area contributed by atoms with E-state index in [2.05, 4.69) is 20.6 Å². The van der Waals surface area contributed by atoms with Crippen LogP contribution in [0.4, 0.5) is 6.01 Å². The molecule has 0 saturated heterocycles. The molecule has 24 heavy (non-hydrogen) atoms. The van der Waals surface area contributed by atoms with Crippen LogP contribution in [0.15, 0.2) is 34.9 Å². The summed E-state index contributed by atoms with van der Waals surface area (Å²) in [6.07, 6.45) is 1.64. The molecule has 7 nitrogen and oxygen atoms in total. The van der Waals surface area contributed by atoms with Gasteiger partial charge in [-0.2, -0.15) is 5.10 Å². The van der Waals surface area contributed by atoms with Gasteiger partial charge in [0.1, 0.15) is 5.69 Å². The van der Waals surface area contributed by atoms with Gasteiger partial charge in [-0.15, -0.1) is 5.10 Å². The average molecular weight is 366 g/mol. The third kappa shape index (κ3) is 3.27. The summed E-state index contributed by atoms with van der Waals surface area (Å²) in [5.74, 6) is -0.233. The van der Waals surface area contributed by atoms with Crippen molar-refractivity contribution in [3.63, 3.8) is 0 Å². The van der Waals surface area contributed by atoms with Gasteiger partial charge in [0.15, 0.2) is 0 Å². The average Bonchev–Trinajstić information content (AvgIpc) is 3.18. The lowest BCUT2D eigenvalue weighted by Crippen LogP contribution is -2.12. The lowest BCUT2D eigenvalue weighted by Gasteiger charge is -2.07. The molecule has 3 rings (SSSR count). The summed E-state index contributed by atoms with van der Waals surface area (Å²) in [4.78, 5) is 12.3. The number of carbonyl (C=O) groups excluding carboxylic acids is 1. The van der Waals surface area contributed by atoms with E-state index in [-0.39, 0.29) is 28.5 Å². The van der Waals surface area contributed by atoms with Gasteiger partial charge in [-0.3, -0.25) is 14.8 Å². The number of carbonyl (C=O) groups is 1. The van der Waals surface area contributed by atoms with E-state index >= 15 is 0 Å². The maximum absolute atomic E-state index is 12.3. The van der Waals surface area contributed by atoms with E-state index in [4.69, 9.17) is 27.6 Å². The number of nitrogens with zero attached hydrogens (tertiary/aromatic N) is 4. The molecule has 0 unspecified atom stereocenters. The highest BCUT2D eigenvalue weighted by Crippen LogP contribution is 2.24. The maximum atomic E-state index is 12.3. The van der Waals surface area contributed by atoms with Crippen LogP contribution in [0.1, 0.15) is 30.2 Å². The summed E-state index contributed by atoms with van der Waals surface area (Å²) in [7, 11) is 0. The molecule has 3 aromatic rings. The molecular weight excluding hydrogens is 353 g/mol. The first-order valence-corrected chi connectivity index (χ1v) is 7.85. The standard InChI is InChI=1S/C15H13Cl2N5O2/c1-8(2)22-12(5-6-18-22)14-20-21-15(24-14)19-13(23)10-7-9(16)3-4-11(10)17/h3-8H,1-2H3,(H,19,21,23). The Morgan fingerprint density at radius 1 is 1.25 bits per heavy atom. The Balaban J connectivity index is 1.82. The molecule has 9 heteroatoms. The number of amides is 1. The van der Waals surface area contributed by atoms with Crippen LogP contribution in [-0.4, -0.2) is 25.9 Å². The largest absolute Gasteiger partial charge is 0.401 e. The van der Waals surface area contributed by atoms with Crippen molar-refractivity contribution in [3.05, 3.63) is 46.1 Å². The molecule has 0 radical (unpaired) electrons. The molecule has 0 atom stereocenters. The van der Waals surface area contributed by atoms with Gasteiger partial charge in [0.05, 0.1) is 10.6 Å². The Kier molecular flexibility index (Phi) is 4.55. The van der Waals surface area contributed by atoms with Crippen LogP contribution in [0.2, 0.25) is 10.0 Å². The van der Waals surface area contributed by atoms with E-state index in [9.17, 15) is 4.79 Å². The number of aromatic nitrogens is 4. The zero-order chi connectivity index (χ0) is 17.3. The number of rotatable bonds is 4. The molecule has 0 aliphatic heterocycles. The second-order valence-electron chi connectivity index (χ2n) is 5.25. The van der Waals surface area contributed by atoms with Crippen molar-refractivity contribution in [1.82, 2.24) is 20.0 Å². The van der Waals surface area contributed by atoms with E-state index in [1.807, 2.05) is 13.8 Å².